The summed E-state index contributed by atoms with van der Waals surface area (Å²) < 4.78 is 0. The fourth-order valence-corrected chi connectivity index (χ4v) is 1.62. The first-order chi connectivity index (χ1) is 8.49. The summed E-state index contributed by atoms with van der Waals surface area (Å²) >= 11 is 0. The number of aromatic amines is 1. The van der Waals surface area contributed by atoms with Crippen LogP contribution in [0.3, 0.4) is 0 Å². The smallest absolute Gasteiger partial charge is 0.273 e. The van der Waals surface area contributed by atoms with Crippen LogP contribution in [0.5, 0.6) is 0 Å². The molecule has 0 saturated carbocycles. The summed E-state index contributed by atoms with van der Waals surface area (Å²) in [6.07, 6.45) is 0.665. The number of rotatable bonds is 2. The van der Waals surface area contributed by atoms with Crippen molar-refractivity contribution in [2.75, 3.05) is 12.4 Å². The normalized spacial score (nSPS) is 15.6. The third kappa shape index (κ3) is 2.24. The van der Waals surface area contributed by atoms with Crippen LogP contribution in [0.4, 0.5) is 5.82 Å². The molecule has 2 heterocycles. The van der Waals surface area contributed by atoms with E-state index in [1.165, 1.54) is 5.01 Å². The lowest BCUT2D eigenvalue weighted by atomic mass is 10.1. The molecule has 0 atom stereocenters. The summed E-state index contributed by atoms with van der Waals surface area (Å²) in [5.74, 6) is 0.0991. The quantitative estimate of drug-likeness (QED) is 0.803. The SMILES string of the molecule is Cc1[nH]nc(NC(=O)C2=NN(C)C(=O)CC2)c1C. The van der Waals surface area contributed by atoms with Crippen LogP contribution in [-0.2, 0) is 9.59 Å². The van der Waals surface area contributed by atoms with Gasteiger partial charge in [-0.3, -0.25) is 14.7 Å². The van der Waals surface area contributed by atoms with E-state index in [1.54, 1.807) is 7.05 Å². The van der Waals surface area contributed by atoms with Gasteiger partial charge in [-0.25, -0.2) is 5.01 Å². The van der Waals surface area contributed by atoms with Gasteiger partial charge in [0.15, 0.2) is 5.82 Å². The Bertz CT molecular complexity index is 532. The number of H-pyrrole nitrogens is 1. The molecule has 2 amide bonds. The maximum absolute atomic E-state index is 11.9. The molecule has 1 aliphatic heterocycles. The Labute approximate surface area is 104 Å². The fraction of sp³-hybridized carbons (Fsp3) is 0.455. The molecule has 7 nitrogen and oxygen atoms in total. The molecule has 18 heavy (non-hydrogen) atoms. The van der Waals surface area contributed by atoms with Gasteiger partial charge in [-0.2, -0.15) is 10.2 Å². The number of nitrogens with zero attached hydrogens (tertiary/aromatic N) is 3. The molecule has 0 aliphatic carbocycles. The molecule has 0 bridgehead atoms. The Balaban J connectivity index is 2.11. The lowest BCUT2D eigenvalue weighted by Crippen LogP contribution is -2.34. The Morgan fingerprint density at radius 2 is 2.11 bits per heavy atom. The van der Waals surface area contributed by atoms with Crippen molar-refractivity contribution in [3.8, 4) is 0 Å². The van der Waals surface area contributed by atoms with Crippen molar-refractivity contribution in [2.24, 2.45) is 5.10 Å². The first-order valence-corrected chi connectivity index (χ1v) is 5.66. The van der Waals surface area contributed by atoms with Crippen molar-refractivity contribution in [1.82, 2.24) is 15.2 Å². The van der Waals surface area contributed by atoms with Crippen molar-refractivity contribution in [3.63, 3.8) is 0 Å². The van der Waals surface area contributed by atoms with Gasteiger partial charge in [-0.15, -0.1) is 0 Å². The van der Waals surface area contributed by atoms with E-state index in [2.05, 4.69) is 20.6 Å². The Hall–Kier alpha value is -2.18. The van der Waals surface area contributed by atoms with Crippen LogP contribution in [0.25, 0.3) is 0 Å². The second-order valence-electron chi connectivity index (χ2n) is 4.24. The summed E-state index contributed by atoms with van der Waals surface area (Å²) in [6.45, 7) is 3.75. The van der Waals surface area contributed by atoms with Gasteiger partial charge in [0.1, 0.15) is 5.71 Å². The first kappa shape index (κ1) is 12.3. The van der Waals surface area contributed by atoms with Gasteiger partial charge in [0, 0.05) is 31.1 Å². The number of hydrogen-bond acceptors (Lipinski definition) is 4. The van der Waals surface area contributed by atoms with E-state index in [0.29, 0.717) is 24.4 Å². The second kappa shape index (κ2) is 4.59. The summed E-state index contributed by atoms with van der Waals surface area (Å²) in [7, 11) is 1.54. The minimum absolute atomic E-state index is 0.0849. The number of carbonyl (C=O) groups is 2. The molecule has 2 rings (SSSR count). The fourth-order valence-electron chi connectivity index (χ4n) is 1.62. The van der Waals surface area contributed by atoms with Crippen LogP contribution >= 0.6 is 0 Å². The van der Waals surface area contributed by atoms with Gasteiger partial charge in [-0.05, 0) is 13.8 Å². The van der Waals surface area contributed by atoms with Crippen LogP contribution in [0.2, 0.25) is 0 Å². The summed E-state index contributed by atoms with van der Waals surface area (Å²) in [4.78, 5) is 23.2. The van der Waals surface area contributed by atoms with Crippen molar-refractivity contribution in [2.45, 2.75) is 26.7 Å². The molecular weight excluding hydrogens is 234 g/mol. The molecule has 1 aromatic heterocycles. The van der Waals surface area contributed by atoms with Gasteiger partial charge in [-0.1, -0.05) is 0 Å². The maximum Gasteiger partial charge on any atom is 0.273 e. The lowest BCUT2D eigenvalue weighted by molar-refractivity contribution is -0.130. The number of hydrogen-bond donors (Lipinski definition) is 2. The Morgan fingerprint density at radius 3 is 2.67 bits per heavy atom. The van der Waals surface area contributed by atoms with Crippen molar-refractivity contribution in [3.05, 3.63) is 11.3 Å². The van der Waals surface area contributed by atoms with Gasteiger partial charge >= 0.3 is 0 Å². The highest BCUT2D eigenvalue weighted by Crippen LogP contribution is 2.15. The zero-order chi connectivity index (χ0) is 13.3. The third-order valence-electron chi connectivity index (χ3n) is 2.95. The number of nitrogens with one attached hydrogen (secondary N) is 2. The van der Waals surface area contributed by atoms with Crippen molar-refractivity contribution >= 4 is 23.3 Å². The predicted octanol–water partition coefficient (Wildman–Crippen LogP) is 0.573. The largest absolute Gasteiger partial charge is 0.304 e. The summed E-state index contributed by atoms with van der Waals surface area (Å²) in [5, 5.41) is 14.6. The molecule has 0 radical (unpaired) electrons. The Morgan fingerprint density at radius 1 is 1.39 bits per heavy atom. The van der Waals surface area contributed by atoms with E-state index in [-0.39, 0.29) is 11.8 Å². The molecule has 1 aromatic rings. The molecule has 0 fully saturated rings. The topological polar surface area (TPSA) is 90.4 Å². The molecule has 0 spiro atoms. The van der Waals surface area contributed by atoms with Gasteiger partial charge in [0.05, 0.1) is 0 Å². The van der Waals surface area contributed by atoms with Crippen molar-refractivity contribution < 1.29 is 9.59 Å². The highest BCUT2D eigenvalue weighted by Gasteiger charge is 2.22. The Kier molecular flexibility index (Phi) is 3.14. The van der Waals surface area contributed by atoms with Crippen LogP contribution < -0.4 is 5.32 Å². The average molecular weight is 249 g/mol. The van der Waals surface area contributed by atoms with Gasteiger partial charge in [0.2, 0.25) is 5.91 Å². The maximum atomic E-state index is 11.9. The minimum atomic E-state index is -0.316. The van der Waals surface area contributed by atoms with E-state index in [0.717, 1.165) is 11.3 Å². The van der Waals surface area contributed by atoms with Crippen LogP contribution in [-0.4, -0.2) is 39.8 Å². The number of carbonyl (C=O) groups excluding carboxylic acids is 2. The number of hydrazone groups is 1. The summed E-state index contributed by atoms with van der Waals surface area (Å²) in [6, 6.07) is 0. The van der Waals surface area contributed by atoms with E-state index >= 15 is 0 Å². The standard InChI is InChI=1S/C11H15N5O2/c1-6-7(2)13-14-10(6)12-11(18)8-4-5-9(17)16(3)15-8/h4-5H2,1-3H3,(H2,12,13,14,18). The molecule has 0 unspecified atom stereocenters. The molecular formula is C11H15N5O2. The second-order valence-corrected chi connectivity index (χ2v) is 4.24. The predicted molar refractivity (Wildman–Crippen MR) is 66.1 cm³/mol. The molecule has 7 heteroatoms. The monoisotopic (exact) mass is 249 g/mol. The minimum Gasteiger partial charge on any atom is -0.304 e. The average Bonchev–Trinajstić information content (AvgIpc) is 2.64. The number of aromatic nitrogens is 2. The number of aryl methyl sites for hydroxylation is 1. The third-order valence-corrected chi connectivity index (χ3v) is 2.95. The van der Waals surface area contributed by atoms with Crippen LogP contribution in [0.1, 0.15) is 24.1 Å². The van der Waals surface area contributed by atoms with E-state index in [4.69, 9.17) is 0 Å². The summed E-state index contributed by atoms with van der Waals surface area (Å²) in [5.41, 5.74) is 2.14. The zero-order valence-electron chi connectivity index (χ0n) is 10.6. The zero-order valence-corrected chi connectivity index (χ0v) is 10.6. The molecule has 0 saturated heterocycles. The van der Waals surface area contributed by atoms with Gasteiger partial charge in [0.25, 0.3) is 5.91 Å². The van der Waals surface area contributed by atoms with Crippen LogP contribution in [0, 0.1) is 13.8 Å². The number of amides is 2. The first-order valence-electron chi connectivity index (χ1n) is 5.66. The number of anilines is 1. The highest BCUT2D eigenvalue weighted by atomic mass is 16.2. The molecule has 1 aliphatic rings. The van der Waals surface area contributed by atoms with E-state index in [9.17, 15) is 9.59 Å². The van der Waals surface area contributed by atoms with E-state index < -0.39 is 0 Å². The highest BCUT2D eigenvalue weighted by molar-refractivity contribution is 6.43. The molecule has 2 N–H and O–H groups in total. The lowest BCUT2D eigenvalue weighted by Gasteiger charge is -2.18. The molecule has 0 aromatic carbocycles. The van der Waals surface area contributed by atoms with Gasteiger partial charge < -0.3 is 5.32 Å². The molecule has 96 valence electrons. The van der Waals surface area contributed by atoms with Crippen molar-refractivity contribution in [1.29, 1.82) is 0 Å². The van der Waals surface area contributed by atoms with E-state index in [1.807, 2.05) is 13.8 Å². The van der Waals surface area contributed by atoms with Crippen LogP contribution in [0.15, 0.2) is 5.10 Å².